The minimum absolute atomic E-state index is 0.250. The molecule has 0 spiro atoms. The van der Waals surface area contributed by atoms with Gasteiger partial charge in [-0.05, 0) is 34.7 Å². The molecule has 12 heavy (non-hydrogen) atoms. The maximum Gasteiger partial charge on any atom is 0.338 e. The molecule has 1 aliphatic rings. The molecule has 2 nitrogen and oxygen atoms in total. The van der Waals surface area contributed by atoms with Gasteiger partial charge in [-0.1, -0.05) is 11.6 Å². The van der Waals surface area contributed by atoms with Gasteiger partial charge in [-0.2, -0.15) is 0 Å². The lowest BCUT2D eigenvalue weighted by Gasteiger charge is -1.97. The van der Waals surface area contributed by atoms with Crippen LogP contribution in [0.4, 0.5) is 0 Å². The van der Waals surface area contributed by atoms with Crippen molar-refractivity contribution in [1.82, 2.24) is 0 Å². The van der Waals surface area contributed by atoms with Crippen molar-refractivity contribution in [2.45, 2.75) is 6.61 Å². The van der Waals surface area contributed by atoms with Crippen LogP contribution in [0.25, 0.3) is 0 Å². The highest BCUT2D eigenvalue weighted by Crippen LogP contribution is 2.27. The predicted octanol–water partition coefficient (Wildman–Crippen LogP) is 2.62. The lowest BCUT2D eigenvalue weighted by Crippen LogP contribution is -1.93. The maximum atomic E-state index is 11.1. The second-order valence-corrected chi connectivity index (χ2v) is 4.07. The first-order chi connectivity index (χ1) is 5.68. The van der Waals surface area contributed by atoms with Gasteiger partial charge in [-0.3, -0.25) is 0 Å². The molecule has 0 saturated heterocycles. The van der Waals surface area contributed by atoms with Gasteiger partial charge in [0, 0.05) is 9.13 Å². The van der Waals surface area contributed by atoms with Crippen LogP contribution in [0.2, 0.25) is 5.02 Å². The molecule has 1 aromatic carbocycles. The van der Waals surface area contributed by atoms with Crippen molar-refractivity contribution in [3.05, 3.63) is 31.9 Å². The van der Waals surface area contributed by atoms with Crippen molar-refractivity contribution in [3.8, 4) is 0 Å². The number of hydrogen-bond acceptors (Lipinski definition) is 2. The topological polar surface area (TPSA) is 26.3 Å². The number of halogens is 2. The molecule has 0 saturated carbocycles. The molecule has 4 heteroatoms. The molecule has 2 rings (SSSR count). The number of fused-ring (bicyclic) bond motifs is 1. The summed E-state index contributed by atoms with van der Waals surface area (Å²) < 4.78 is 5.71. The van der Waals surface area contributed by atoms with E-state index in [-0.39, 0.29) is 5.97 Å². The van der Waals surface area contributed by atoms with Gasteiger partial charge in [-0.25, -0.2) is 4.79 Å². The molecule has 0 aromatic heterocycles. The Kier molecular flexibility index (Phi) is 2.00. The lowest BCUT2D eigenvalue weighted by molar-refractivity contribution is 0.0535. The number of carbonyl (C=O) groups excluding carboxylic acids is 1. The highest BCUT2D eigenvalue weighted by Gasteiger charge is 2.22. The lowest BCUT2D eigenvalue weighted by atomic mass is 10.1. The van der Waals surface area contributed by atoms with Gasteiger partial charge in [-0.15, -0.1) is 0 Å². The number of carbonyl (C=O) groups is 1. The molecule has 1 aliphatic heterocycles. The van der Waals surface area contributed by atoms with E-state index >= 15 is 0 Å². The average molecular weight is 294 g/mol. The zero-order valence-electron chi connectivity index (χ0n) is 5.93. The Morgan fingerprint density at radius 2 is 2.25 bits per heavy atom. The number of cyclic esters (lactones) is 1. The molecule has 1 heterocycles. The second-order valence-electron chi connectivity index (χ2n) is 2.50. The van der Waals surface area contributed by atoms with Crippen LogP contribution in [-0.4, -0.2) is 5.97 Å². The number of hydrogen-bond donors (Lipinski definition) is 0. The Labute approximate surface area is 88.0 Å². The molecule has 0 fully saturated rings. The molecule has 1 aromatic rings. The van der Waals surface area contributed by atoms with Crippen molar-refractivity contribution < 1.29 is 9.53 Å². The molecule has 0 amide bonds. The van der Waals surface area contributed by atoms with Crippen molar-refractivity contribution in [2.24, 2.45) is 0 Å². The Hall–Kier alpha value is -0.290. The summed E-state index contributed by atoms with van der Waals surface area (Å²) in [6.07, 6.45) is 0. The summed E-state index contributed by atoms with van der Waals surface area (Å²) in [4.78, 5) is 11.1. The van der Waals surface area contributed by atoms with Crippen LogP contribution in [0, 0.1) is 3.57 Å². The van der Waals surface area contributed by atoms with E-state index in [0.29, 0.717) is 17.2 Å². The van der Waals surface area contributed by atoms with Gasteiger partial charge in [0.25, 0.3) is 0 Å². The minimum atomic E-state index is -0.250. The second kappa shape index (κ2) is 2.88. The normalized spacial score (nSPS) is 14.3. The SMILES string of the molecule is O=C1OCc2cc(Cl)c(I)cc21. The first-order valence-electron chi connectivity index (χ1n) is 3.33. The quantitative estimate of drug-likeness (QED) is 0.543. The monoisotopic (exact) mass is 294 g/mol. The van der Waals surface area contributed by atoms with E-state index < -0.39 is 0 Å². The zero-order chi connectivity index (χ0) is 8.72. The van der Waals surface area contributed by atoms with Crippen molar-refractivity contribution >= 4 is 40.2 Å². The van der Waals surface area contributed by atoms with Gasteiger partial charge < -0.3 is 4.74 Å². The van der Waals surface area contributed by atoms with E-state index in [4.69, 9.17) is 16.3 Å². The third kappa shape index (κ3) is 1.21. The molecule has 0 bridgehead atoms. The summed E-state index contributed by atoms with van der Waals surface area (Å²) >= 11 is 7.95. The van der Waals surface area contributed by atoms with E-state index in [1.165, 1.54) is 0 Å². The summed E-state index contributed by atoms with van der Waals surface area (Å²) in [5.41, 5.74) is 1.52. The van der Waals surface area contributed by atoms with Crippen LogP contribution in [0.15, 0.2) is 12.1 Å². The largest absolute Gasteiger partial charge is 0.457 e. The Morgan fingerprint density at radius 1 is 1.50 bits per heavy atom. The van der Waals surface area contributed by atoms with Crippen LogP contribution < -0.4 is 0 Å². The smallest absolute Gasteiger partial charge is 0.338 e. The van der Waals surface area contributed by atoms with E-state index in [2.05, 4.69) is 22.6 Å². The average Bonchev–Trinajstić information content (AvgIpc) is 2.35. The zero-order valence-corrected chi connectivity index (χ0v) is 8.85. The first kappa shape index (κ1) is 8.31. The number of benzene rings is 1. The Bertz CT molecular complexity index is 362. The van der Waals surface area contributed by atoms with E-state index in [9.17, 15) is 4.79 Å². The molecule has 0 aliphatic carbocycles. The summed E-state index contributed by atoms with van der Waals surface area (Å²) in [6, 6.07) is 3.54. The summed E-state index contributed by atoms with van der Waals surface area (Å²) in [7, 11) is 0. The fourth-order valence-corrected chi connectivity index (χ4v) is 1.77. The van der Waals surface area contributed by atoms with Crippen LogP contribution in [0.3, 0.4) is 0 Å². The summed E-state index contributed by atoms with van der Waals surface area (Å²) in [5.74, 6) is -0.250. The fourth-order valence-electron chi connectivity index (χ4n) is 1.12. The van der Waals surface area contributed by atoms with Gasteiger partial charge in [0.15, 0.2) is 0 Å². The fraction of sp³-hybridized carbons (Fsp3) is 0.125. The maximum absolute atomic E-state index is 11.1. The molecular formula is C8H4ClIO2. The van der Waals surface area contributed by atoms with E-state index in [0.717, 1.165) is 9.13 Å². The van der Waals surface area contributed by atoms with Crippen LogP contribution in [-0.2, 0) is 11.3 Å². The van der Waals surface area contributed by atoms with Crippen molar-refractivity contribution in [3.63, 3.8) is 0 Å². The number of rotatable bonds is 0. The third-order valence-electron chi connectivity index (χ3n) is 1.72. The summed E-state index contributed by atoms with van der Waals surface area (Å²) in [5, 5.41) is 0.674. The van der Waals surface area contributed by atoms with Gasteiger partial charge in [0.05, 0.1) is 10.6 Å². The highest BCUT2D eigenvalue weighted by molar-refractivity contribution is 14.1. The Balaban J connectivity index is 2.63. The molecule has 0 atom stereocenters. The highest BCUT2D eigenvalue weighted by atomic mass is 127. The number of esters is 1. The molecular weight excluding hydrogens is 290 g/mol. The molecule has 0 radical (unpaired) electrons. The van der Waals surface area contributed by atoms with Crippen LogP contribution in [0.5, 0.6) is 0 Å². The predicted molar refractivity (Wildman–Crippen MR) is 53.3 cm³/mol. The molecule has 0 unspecified atom stereocenters. The van der Waals surface area contributed by atoms with Gasteiger partial charge >= 0.3 is 5.97 Å². The van der Waals surface area contributed by atoms with Gasteiger partial charge in [0.1, 0.15) is 6.61 Å². The van der Waals surface area contributed by atoms with Crippen molar-refractivity contribution in [2.75, 3.05) is 0 Å². The molecule has 62 valence electrons. The van der Waals surface area contributed by atoms with Crippen molar-refractivity contribution in [1.29, 1.82) is 0 Å². The molecule has 0 N–H and O–H groups in total. The van der Waals surface area contributed by atoms with Gasteiger partial charge in [0.2, 0.25) is 0 Å². The van der Waals surface area contributed by atoms with E-state index in [1.807, 2.05) is 0 Å². The van der Waals surface area contributed by atoms with Crippen LogP contribution in [0.1, 0.15) is 15.9 Å². The van der Waals surface area contributed by atoms with E-state index in [1.54, 1.807) is 12.1 Å². The third-order valence-corrected chi connectivity index (χ3v) is 3.25. The number of ether oxygens (including phenoxy) is 1. The first-order valence-corrected chi connectivity index (χ1v) is 4.79. The minimum Gasteiger partial charge on any atom is -0.457 e. The summed E-state index contributed by atoms with van der Waals surface area (Å²) in [6.45, 7) is 0.352. The standard InChI is InChI=1S/C8H4ClIO2/c9-6-1-4-3-12-8(11)5(4)2-7(6)10/h1-2H,3H2. The Morgan fingerprint density at radius 3 is 3.00 bits per heavy atom. The van der Waals surface area contributed by atoms with Crippen LogP contribution >= 0.6 is 34.2 Å².